The molecule has 72 valence electrons. The van der Waals surface area contributed by atoms with Crippen molar-refractivity contribution < 1.29 is 0 Å². The summed E-state index contributed by atoms with van der Waals surface area (Å²) in [5.41, 5.74) is 0.855. The molecule has 1 aromatic heterocycles. The number of hydrogen-bond donors (Lipinski definition) is 1. The highest BCUT2D eigenvalue weighted by Crippen LogP contribution is 2.21. The van der Waals surface area contributed by atoms with E-state index in [1.807, 2.05) is 6.20 Å². The van der Waals surface area contributed by atoms with Crippen LogP contribution in [-0.4, -0.2) is 9.55 Å². The van der Waals surface area contributed by atoms with Gasteiger partial charge in [-0.05, 0) is 30.4 Å². The second-order valence-electron chi connectivity index (χ2n) is 2.76. The van der Waals surface area contributed by atoms with Crippen LogP contribution in [0, 0.1) is 4.77 Å². The second-order valence-corrected chi connectivity index (χ2v) is 4.02. The third kappa shape index (κ3) is 1.85. The zero-order valence-electron chi connectivity index (χ0n) is 7.00. The standard InChI is InChI=1S/C9H6Cl2N2S/c10-6-3-7(11)5-8(4-6)13-2-1-12-9(13)14/h1-5H,(H,12,14). The van der Waals surface area contributed by atoms with Gasteiger partial charge in [0, 0.05) is 22.4 Å². The van der Waals surface area contributed by atoms with E-state index in [1.165, 1.54) is 0 Å². The Kier molecular flexibility index (Phi) is 2.63. The van der Waals surface area contributed by atoms with Gasteiger partial charge >= 0.3 is 0 Å². The Labute approximate surface area is 96.1 Å². The van der Waals surface area contributed by atoms with Gasteiger partial charge in [0.15, 0.2) is 4.77 Å². The van der Waals surface area contributed by atoms with Crippen molar-refractivity contribution in [2.45, 2.75) is 0 Å². The highest BCUT2D eigenvalue weighted by Gasteiger charge is 2.00. The minimum atomic E-state index is 0.593. The molecule has 0 spiro atoms. The van der Waals surface area contributed by atoms with Gasteiger partial charge in [-0.2, -0.15) is 0 Å². The third-order valence-electron chi connectivity index (χ3n) is 1.77. The average molecular weight is 245 g/mol. The maximum atomic E-state index is 5.88. The van der Waals surface area contributed by atoms with Gasteiger partial charge < -0.3 is 4.98 Å². The summed E-state index contributed by atoms with van der Waals surface area (Å²) in [7, 11) is 0. The lowest BCUT2D eigenvalue weighted by Gasteiger charge is -2.03. The van der Waals surface area contributed by atoms with Crippen molar-refractivity contribution in [3.63, 3.8) is 0 Å². The molecule has 0 bridgehead atoms. The summed E-state index contributed by atoms with van der Waals surface area (Å²) in [6.07, 6.45) is 3.58. The Morgan fingerprint density at radius 2 is 1.79 bits per heavy atom. The normalized spacial score (nSPS) is 10.4. The number of nitrogens with zero attached hydrogens (tertiary/aromatic N) is 1. The van der Waals surface area contributed by atoms with Crippen molar-refractivity contribution in [1.82, 2.24) is 9.55 Å². The summed E-state index contributed by atoms with van der Waals surface area (Å²) in [5.74, 6) is 0. The first-order valence-corrected chi connectivity index (χ1v) is 5.06. The molecule has 2 nitrogen and oxygen atoms in total. The molecule has 0 aliphatic rings. The van der Waals surface area contributed by atoms with E-state index in [4.69, 9.17) is 35.4 Å². The molecule has 14 heavy (non-hydrogen) atoms. The van der Waals surface area contributed by atoms with Crippen LogP contribution in [0.1, 0.15) is 0 Å². The van der Waals surface area contributed by atoms with Crippen molar-refractivity contribution in [3.8, 4) is 5.69 Å². The Morgan fingerprint density at radius 1 is 1.14 bits per heavy atom. The first-order valence-electron chi connectivity index (χ1n) is 3.89. The molecule has 2 aromatic rings. The van der Waals surface area contributed by atoms with E-state index in [1.54, 1.807) is 29.0 Å². The van der Waals surface area contributed by atoms with Crippen LogP contribution in [0.4, 0.5) is 0 Å². The molecule has 0 unspecified atom stereocenters. The van der Waals surface area contributed by atoms with Gasteiger partial charge in [0.25, 0.3) is 0 Å². The minimum absolute atomic E-state index is 0.593. The maximum absolute atomic E-state index is 5.88. The summed E-state index contributed by atoms with van der Waals surface area (Å²) in [5, 5.41) is 1.19. The Morgan fingerprint density at radius 3 is 2.29 bits per heavy atom. The summed E-state index contributed by atoms with van der Waals surface area (Å²) >= 11 is 16.8. The molecule has 1 aromatic carbocycles. The fourth-order valence-corrected chi connectivity index (χ4v) is 1.95. The van der Waals surface area contributed by atoms with Gasteiger partial charge in [-0.3, -0.25) is 4.57 Å². The Balaban J connectivity index is 2.63. The van der Waals surface area contributed by atoms with E-state index >= 15 is 0 Å². The number of H-pyrrole nitrogens is 1. The van der Waals surface area contributed by atoms with Crippen molar-refractivity contribution >= 4 is 35.4 Å². The zero-order valence-corrected chi connectivity index (χ0v) is 9.33. The fraction of sp³-hybridized carbons (Fsp3) is 0. The highest BCUT2D eigenvalue weighted by molar-refractivity contribution is 7.71. The zero-order chi connectivity index (χ0) is 10.1. The van der Waals surface area contributed by atoms with E-state index < -0.39 is 0 Å². The summed E-state index contributed by atoms with van der Waals surface area (Å²) in [6.45, 7) is 0. The number of hydrogen-bond acceptors (Lipinski definition) is 1. The van der Waals surface area contributed by atoms with Gasteiger partial charge in [0.2, 0.25) is 0 Å². The van der Waals surface area contributed by atoms with Gasteiger partial charge in [-0.25, -0.2) is 0 Å². The largest absolute Gasteiger partial charge is 0.337 e. The summed E-state index contributed by atoms with van der Waals surface area (Å²) < 4.78 is 2.41. The highest BCUT2D eigenvalue weighted by atomic mass is 35.5. The van der Waals surface area contributed by atoms with E-state index in [0.29, 0.717) is 14.8 Å². The molecule has 1 heterocycles. The Bertz CT molecular complexity index is 495. The van der Waals surface area contributed by atoms with Crippen LogP contribution >= 0.6 is 35.4 Å². The average Bonchev–Trinajstić information content (AvgIpc) is 2.49. The van der Waals surface area contributed by atoms with Crippen LogP contribution in [0.3, 0.4) is 0 Å². The van der Waals surface area contributed by atoms with Crippen molar-refractivity contribution in [1.29, 1.82) is 0 Å². The third-order valence-corrected chi connectivity index (χ3v) is 2.53. The SMILES string of the molecule is S=c1[nH]ccn1-c1cc(Cl)cc(Cl)c1. The van der Waals surface area contributed by atoms with Crippen molar-refractivity contribution in [2.24, 2.45) is 0 Å². The number of benzene rings is 1. The van der Waals surface area contributed by atoms with Gasteiger partial charge in [-0.1, -0.05) is 23.2 Å². The maximum Gasteiger partial charge on any atom is 0.181 e. The van der Waals surface area contributed by atoms with Gasteiger partial charge in [0.05, 0.1) is 5.69 Å². The van der Waals surface area contributed by atoms with Gasteiger partial charge in [0.1, 0.15) is 0 Å². The van der Waals surface area contributed by atoms with Crippen LogP contribution in [0.15, 0.2) is 30.6 Å². The predicted molar refractivity (Wildman–Crippen MR) is 61.0 cm³/mol. The number of halogens is 2. The van der Waals surface area contributed by atoms with E-state index in [0.717, 1.165) is 5.69 Å². The lowest BCUT2D eigenvalue weighted by molar-refractivity contribution is 1.03. The van der Waals surface area contributed by atoms with Crippen molar-refractivity contribution in [2.75, 3.05) is 0 Å². The molecule has 0 aliphatic heterocycles. The minimum Gasteiger partial charge on any atom is -0.337 e. The number of nitrogens with one attached hydrogen (secondary N) is 1. The molecule has 5 heteroatoms. The van der Waals surface area contributed by atoms with E-state index in [-0.39, 0.29) is 0 Å². The quantitative estimate of drug-likeness (QED) is 0.757. The first kappa shape index (κ1) is 9.77. The molecule has 0 atom stereocenters. The molecule has 0 fully saturated rings. The van der Waals surface area contributed by atoms with Crippen LogP contribution in [0.2, 0.25) is 10.0 Å². The number of rotatable bonds is 1. The van der Waals surface area contributed by atoms with Gasteiger partial charge in [-0.15, -0.1) is 0 Å². The van der Waals surface area contributed by atoms with Crippen molar-refractivity contribution in [3.05, 3.63) is 45.4 Å². The van der Waals surface area contributed by atoms with Crippen LogP contribution in [0.5, 0.6) is 0 Å². The number of aromatic amines is 1. The summed E-state index contributed by atoms with van der Waals surface area (Å²) in [6, 6.07) is 5.29. The summed E-state index contributed by atoms with van der Waals surface area (Å²) in [4.78, 5) is 2.90. The molecular weight excluding hydrogens is 239 g/mol. The lowest BCUT2D eigenvalue weighted by atomic mass is 10.3. The van der Waals surface area contributed by atoms with Crippen LogP contribution in [0.25, 0.3) is 5.69 Å². The molecule has 0 saturated carbocycles. The fourth-order valence-electron chi connectivity index (χ4n) is 1.20. The van der Waals surface area contributed by atoms with E-state index in [2.05, 4.69) is 4.98 Å². The lowest BCUT2D eigenvalue weighted by Crippen LogP contribution is -1.91. The molecule has 0 amide bonds. The molecule has 0 aliphatic carbocycles. The number of imidazole rings is 1. The molecular formula is C9H6Cl2N2S. The molecule has 1 N–H and O–H groups in total. The molecule has 0 radical (unpaired) electrons. The second kappa shape index (κ2) is 3.77. The van der Waals surface area contributed by atoms with E-state index in [9.17, 15) is 0 Å². The van der Waals surface area contributed by atoms with Crippen LogP contribution < -0.4 is 0 Å². The first-order chi connectivity index (χ1) is 6.66. The van der Waals surface area contributed by atoms with Crippen LogP contribution in [-0.2, 0) is 0 Å². The Hall–Kier alpha value is -0.770. The predicted octanol–water partition coefficient (Wildman–Crippen LogP) is 3.84. The monoisotopic (exact) mass is 244 g/mol. The molecule has 0 saturated heterocycles. The smallest absolute Gasteiger partial charge is 0.181 e. The number of aromatic nitrogens is 2. The molecule has 2 rings (SSSR count). The topological polar surface area (TPSA) is 20.7 Å².